The molecule has 1 rings (SSSR count). The molecule has 0 aliphatic rings. The molecule has 0 bridgehead atoms. The molecule has 1 aromatic heterocycles. The first kappa shape index (κ1) is 11.2. The molecule has 0 saturated carbocycles. The molecule has 0 aliphatic heterocycles. The van der Waals surface area contributed by atoms with Crippen LogP contribution in [-0.4, -0.2) is 29.3 Å². The lowest BCUT2D eigenvalue weighted by molar-refractivity contribution is -0.118. The van der Waals surface area contributed by atoms with Gasteiger partial charge in [0, 0.05) is 19.7 Å². The lowest BCUT2D eigenvalue weighted by atomic mass is 10.4. The van der Waals surface area contributed by atoms with Crippen LogP contribution >= 0.6 is 0 Å². The number of carbonyl (C=O) groups is 1. The van der Waals surface area contributed by atoms with Gasteiger partial charge in [0.15, 0.2) is 0 Å². The number of aromatic nitrogens is 2. The summed E-state index contributed by atoms with van der Waals surface area (Å²) in [6.07, 6.45) is 1.54. The summed E-state index contributed by atoms with van der Waals surface area (Å²) in [6, 6.07) is 1.43. The molecule has 0 aliphatic carbocycles. The van der Waals surface area contributed by atoms with Crippen molar-refractivity contribution >= 4 is 11.6 Å². The maximum absolute atomic E-state index is 11.5. The van der Waals surface area contributed by atoms with Gasteiger partial charge in [0.2, 0.25) is 5.91 Å². The van der Waals surface area contributed by atoms with Gasteiger partial charge in [-0.1, -0.05) is 0 Å². The maximum atomic E-state index is 11.5. The predicted molar refractivity (Wildman–Crippen MR) is 56.6 cm³/mol. The van der Waals surface area contributed by atoms with Crippen LogP contribution in [0.4, 0.5) is 5.69 Å². The molecule has 0 fully saturated rings. The van der Waals surface area contributed by atoms with Gasteiger partial charge in [0.25, 0.3) is 5.56 Å². The van der Waals surface area contributed by atoms with Crippen LogP contribution in [0.25, 0.3) is 0 Å². The summed E-state index contributed by atoms with van der Waals surface area (Å²) in [5.74, 6) is -0.582. The molecule has 0 spiro atoms. The van der Waals surface area contributed by atoms with Crippen LogP contribution in [-0.2, 0) is 11.3 Å². The molecule has 6 nitrogen and oxygen atoms in total. The Bertz CT molecular complexity index is 413. The van der Waals surface area contributed by atoms with Gasteiger partial charge in [0.05, 0.1) is 11.9 Å². The van der Waals surface area contributed by atoms with Gasteiger partial charge in [-0.15, -0.1) is 0 Å². The number of primary amides is 1. The second kappa shape index (κ2) is 4.59. The molecule has 0 saturated heterocycles. The zero-order chi connectivity index (χ0) is 11.4. The lowest BCUT2D eigenvalue weighted by Crippen LogP contribution is -2.30. The van der Waals surface area contributed by atoms with E-state index in [1.54, 1.807) is 0 Å². The molecule has 2 N–H and O–H groups in total. The molecular weight excluding hydrogens is 196 g/mol. The van der Waals surface area contributed by atoms with Crippen molar-refractivity contribution in [2.75, 3.05) is 18.5 Å². The highest BCUT2D eigenvalue weighted by atomic mass is 16.2. The number of amides is 1. The summed E-state index contributed by atoms with van der Waals surface area (Å²) in [7, 11) is 1.86. The Morgan fingerprint density at radius 3 is 2.80 bits per heavy atom. The van der Waals surface area contributed by atoms with Crippen molar-refractivity contribution in [2.45, 2.75) is 13.5 Å². The fourth-order valence-corrected chi connectivity index (χ4v) is 1.08. The Kier molecular flexibility index (Phi) is 3.43. The van der Waals surface area contributed by atoms with E-state index in [9.17, 15) is 9.59 Å². The maximum Gasteiger partial charge on any atom is 0.269 e. The number of rotatable bonds is 4. The van der Waals surface area contributed by atoms with Crippen LogP contribution in [0, 0.1) is 0 Å². The van der Waals surface area contributed by atoms with E-state index in [0.29, 0.717) is 0 Å². The van der Waals surface area contributed by atoms with Crippen molar-refractivity contribution < 1.29 is 4.79 Å². The fraction of sp³-hybridized carbons (Fsp3) is 0.444. The van der Waals surface area contributed by atoms with E-state index in [-0.39, 0.29) is 12.1 Å². The van der Waals surface area contributed by atoms with Crippen molar-refractivity contribution in [3.63, 3.8) is 0 Å². The Balaban J connectivity index is 2.98. The summed E-state index contributed by atoms with van der Waals surface area (Å²) < 4.78 is 1.04. The Hall–Kier alpha value is -1.85. The second-order valence-corrected chi connectivity index (χ2v) is 3.19. The average molecular weight is 210 g/mol. The Morgan fingerprint density at radius 1 is 1.67 bits per heavy atom. The smallest absolute Gasteiger partial charge is 0.269 e. The van der Waals surface area contributed by atoms with E-state index in [1.165, 1.54) is 12.3 Å². The van der Waals surface area contributed by atoms with Gasteiger partial charge >= 0.3 is 0 Å². The molecule has 0 aromatic carbocycles. The van der Waals surface area contributed by atoms with Crippen LogP contribution in [0.3, 0.4) is 0 Å². The minimum atomic E-state index is -0.582. The molecule has 1 amide bonds. The van der Waals surface area contributed by atoms with Crippen molar-refractivity contribution in [1.82, 2.24) is 9.78 Å². The number of carbonyl (C=O) groups excluding carboxylic acids is 1. The van der Waals surface area contributed by atoms with Crippen molar-refractivity contribution in [1.29, 1.82) is 0 Å². The van der Waals surface area contributed by atoms with Crippen molar-refractivity contribution in [3.05, 3.63) is 22.6 Å². The molecule has 1 heterocycles. The number of nitrogens with two attached hydrogens (primary N) is 1. The quantitative estimate of drug-likeness (QED) is 0.704. The normalized spacial score (nSPS) is 10.0. The van der Waals surface area contributed by atoms with Gasteiger partial charge in [-0.05, 0) is 6.92 Å². The van der Waals surface area contributed by atoms with Crippen molar-refractivity contribution in [3.8, 4) is 0 Å². The molecule has 0 atom stereocenters. The van der Waals surface area contributed by atoms with Gasteiger partial charge in [-0.2, -0.15) is 5.10 Å². The SMILES string of the molecule is CCN(C)c1cnn(CC(N)=O)c(=O)c1. The highest BCUT2D eigenvalue weighted by Crippen LogP contribution is 2.05. The van der Waals surface area contributed by atoms with Gasteiger partial charge < -0.3 is 10.6 Å². The highest BCUT2D eigenvalue weighted by molar-refractivity contribution is 5.73. The molecule has 6 heteroatoms. The molecule has 0 unspecified atom stereocenters. The van der Waals surface area contributed by atoms with E-state index >= 15 is 0 Å². The Morgan fingerprint density at radius 2 is 2.33 bits per heavy atom. The minimum Gasteiger partial charge on any atom is -0.373 e. The van der Waals surface area contributed by atoms with E-state index < -0.39 is 5.91 Å². The standard InChI is InChI=1S/C9H14N4O2/c1-3-12(2)7-4-9(15)13(11-5-7)6-8(10)14/h4-5H,3,6H2,1-2H3,(H2,10,14). The topological polar surface area (TPSA) is 81.2 Å². The van der Waals surface area contributed by atoms with Crippen LogP contribution in [0.2, 0.25) is 0 Å². The zero-order valence-electron chi connectivity index (χ0n) is 8.80. The molecule has 1 aromatic rings. The van der Waals surface area contributed by atoms with E-state index in [4.69, 9.17) is 5.73 Å². The highest BCUT2D eigenvalue weighted by Gasteiger charge is 2.04. The van der Waals surface area contributed by atoms with Crippen LogP contribution in [0.15, 0.2) is 17.1 Å². The van der Waals surface area contributed by atoms with Gasteiger partial charge in [0.1, 0.15) is 6.54 Å². The average Bonchev–Trinajstić information content (AvgIpc) is 2.19. The third-order valence-corrected chi connectivity index (χ3v) is 2.08. The third kappa shape index (κ3) is 2.80. The molecular formula is C9H14N4O2. The summed E-state index contributed by atoms with van der Waals surface area (Å²) in [4.78, 5) is 23.9. The number of nitrogens with zero attached hydrogens (tertiary/aromatic N) is 3. The van der Waals surface area contributed by atoms with Crippen LogP contribution in [0.5, 0.6) is 0 Å². The predicted octanol–water partition coefficient (Wildman–Crippen LogP) is -0.815. The number of hydrogen-bond acceptors (Lipinski definition) is 4. The van der Waals surface area contributed by atoms with E-state index in [2.05, 4.69) is 5.10 Å². The third-order valence-electron chi connectivity index (χ3n) is 2.08. The Labute approximate surface area is 87.3 Å². The first-order chi connectivity index (χ1) is 7.04. The summed E-state index contributed by atoms with van der Waals surface area (Å²) in [6.45, 7) is 2.56. The summed E-state index contributed by atoms with van der Waals surface area (Å²) in [5, 5.41) is 3.85. The van der Waals surface area contributed by atoms with E-state index in [1.807, 2.05) is 18.9 Å². The number of anilines is 1. The van der Waals surface area contributed by atoms with Crippen LogP contribution in [0.1, 0.15) is 6.92 Å². The largest absolute Gasteiger partial charge is 0.373 e. The van der Waals surface area contributed by atoms with Gasteiger partial charge in [-0.25, -0.2) is 4.68 Å². The van der Waals surface area contributed by atoms with E-state index in [0.717, 1.165) is 16.9 Å². The first-order valence-electron chi connectivity index (χ1n) is 4.61. The fourth-order valence-electron chi connectivity index (χ4n) is 1.08. The molecule has 82 valence electrons. The summed E-state index contributed by atoms with van der Waals surface area (Å²) >= 11 is 0. The lowest BCUT2D eigenvalue weighted by Gasteiger charge is -2.15. The first-order valence-corrected chi connectivity index (χ1v) is 4.61. The van der Waals surface area contributed by atoms with Crippen LogP contribution < -0.4 is 16.2 Å². The second-order valence-electron chi connectivity index (χ2n) is 3.19. The van der Waals surface area contributed by atoms with Gasteiger partial charge in [-0.3, -0.25) is 9.59 Å². The zero-order valence-corrected chi connectivity index (χ0v) is 8.80. The number of hydrogen-bond donors (Lipinski definition) is 1. The monoisotopic (exact) mass is 210 g/mol. The minimum absolute atomic E-state index is 0.186. The summed E-state index contributed by atoms with van der Waals surface area (Å²) in [5.41, 5.74) is 5.37. The molecule has 15 heavy (non-hydrogen) atoms. The van der Waals surface area contributed by atoms with Crippen molar-refractivity contribution in [2.24, 2.45) is 5.73 Å². The molecule has 0 radical (unpaired) electrons.